The smallest absolute Gasteiger partial charge is 0.124 e. The molecule has 0 fully saturated rings. The Morgan fingerprint density at radius 2 is 2.43 bits per heavy atom. The van der Waals surface area contributed by atoms with Crippen molar-refractivity contribution >= 4 is 11.6 Å². The van der Waals surface area contributed by atoms with Crippen molar-refractivity contribution in [2.75, 3.05) is 0 Å². The van der Waals surface area contributed by atoms with Gasteiger partial charge in [0.1, 0.15) is 12.0 Å². The molecule has 14 heavy (non-hydrogen) atoms. The van der Waals surface area contributed by atoms with E-state index >= 15 is 0 Å². The van der Waals surface area contributed by atoms with E-state index in [1.165, 1.54) is 0 Å². The minimum Gasteiger partial charge on any atom is -0.508 e. The number of aliphatic hydroxyl groups is 2. The highest BCUT2D eigenvalue weighted by molar-refractivity contribution is 6.22. The van der Waals surface area contributed by atoms with Crippen LogP contribution in [-0.4, -0.2) is 21.8 Å². The van der Waals surface area contributed by atoms with E-state index in [0.29, 0.717) is 18.5 Å². The highest BCUT2D eigenvalue weighted by Crippen LogP contribution is 2.20. The highest BCUT2D eigenvalue weighted by Gasteiger charge is 2.16. The van der Waals surface area contributed by atoms with Gasteiger partial charge in [0, 0.05) is 11.8 Å². The zero-order chi connectivity index (χ0) is 10.6. The maximum atomic E-state index is 9.49. The third kappa shape index (κ3) is 3.24. The van der Waals surface area contributed by atoms with Crippen LogP contribution in [0.2, 0.25) is 0 Å². The third-order valence-electron chi connectivity index (χ3n) is 2.07. The second-order valence-electron chi connectivity index (χ2n) is 3.38. The first kappa shape index (κ1) is 11.4. The summed E-state index contributed by atoms with van der Waals surface area (Å²) in [7, 11) is 0. The highest BCUT2D eigenvalue weighted by atomic mass is 35.5. The molecule has 2 atom stereocenters. The van der Waals surface area contributed by atoms with Gasteiger partial charge in [0.05, 0.1) is 5.38 Å². The lowest BCUT2D eigenvalue weighted by molar-refractivity contribution is 0.137. The predicted molar refractivity (Wildman–Crippen MR) is 57.1 cm³/mol. The van der Waals surface area contributed by atoms with Gasteiger partial charge < -0.3 is 15.5 Å². The molecular formula is C10H16ClNO2. The summed E-state index contributed by atoms with van der Waals surface area (Å²) < 4.78 is 0. The first-order chi connectivity index (χ1) is 6.63. The fraction of sp³-hybridized carbons (Fsp3) is 0.600. The van der Waals surface area contributed by atoms with Crippen molar-refractivity contribution in [3.05, 3.63) is 23.6 Å². The molecule has 1 rings (SSSR count). The van der Waals surface area contributed by atoms with Crippen LogP contribution in [0.5, 0.6) is 0 Å². The molecule has 4 heteroatoms. The van der Waals surface area contributed by atoms with Gasteiger partial charge in [-0.1, -0.05) is 13.3 Å². The van der Waals surface area contributed by atoms with Gasteiger partial charge in [-0.05, 0) is 18.9 Å². The zero-order valence-electron chi connectivity index (χ0n) is 8.20. The quantitative estimate of drug-likeness (QED) is 0.499. The van der Waals surface area contributed by atoms with Gasteiger partial charge in [-0.2, -0.15) is 0 Å². The normalized spacial score (nSPS) is 23.8. The van der Waals surface area contributed by atoms with Crippen LogP contribution in [0.25, 0.3) is 0 Å². The molecule has 0 aromatic carbocycles. The van der Waals surface area contributed by atoms with E-state index in [-0.39, 0.29) is 11.1 Å². The molecule has 0 saturated heterocycles. The maximum absolute atomic E-state index is 9.49. The predicted octanol–water partition coefficient (Wildman–Crippen LogP) is 2.03. The number of alkyl halides is 1. The van der Waals surface area contributed by atoms with Crippen molar-refractivity contribution < 1.29 is 10.2 Å². The standard InChI is InChI=1S/C10H16ClNO2/c1-2-3-10(14)12-9-6-7(13)4-5-8(9)11/h4,6,8,10,12-14H,2-3,5H2,1H3. The molecular weight excluding hydrogens is 202 g/mol. The molecule has 0 radical (unpaired) electrons. The largest absolute Gasteiger partial charge is 0.508 e. The van der Waals surface area contributed by atoms with E-state index in [1.54, 1.807) is 12.2 Å². The molecule has 0 heterocycles. The minimum absolute atomic E-state index is 0.183. The molecule has 80 valence electrons. The summed E-state index contributed by atoms with van der Waals surface area (Å²) in [5.41, 5.74) is 0.688. The summed E-state index contributed by atoms with van der Waals surface area (Å²) in [6.07, 6.45) is 4.79. The molecule has 3 nitrogen and oxygen atoms in total. The summed E-state index contributed by atoms with van der Waals surface area (Å²) in [5, 5.41) is 21.4. The van der Waals surface area contributed by atoms with Gasteiger partial charge >= 0.3 is 0 Å². The molecule has 0 bridgehead atoms. The monoisotopic (exact) mass is 217 g/mol. The molecule has 0 amide bonds. The number of allylic oxidation sites excluding steroid dienone is 3. The van der Waals surface area contributed by atoms with Crippen molar-refractivity contribution in [1.82, 2.24) is 5.32 Å². The van der Waals surface area contributed by atoms with Gasteiger partial charge in [0.2, 0.25) is 0 Å². The fourth-order valence-electron chi connectivity index (χ4n) is 1.33. The first-order valence-corrected chi connectivity index (χ1v) is 5.26. The van der Waals surface area contributed by atoms with E-state index in [0.717, 1.165) is 6.42 Å². The van der Waals surface area contributed by atoms with Gasteiger partial charge in [-0.25, -0.2) is 0 Å². The molecule has 0 aliphatic heterocycles. The second-order valence-corrected chi connectivity index (χ2v) is 3.91. The molecule has 0 saturated carbocycles. The van der Waals surface area contributed by atoms with Gasteiger partial charge in [0.15, 0.2) is 0 Å². The van der Waals surface area contributed by atoms with Crippen molar-refractivity contribution in [2.24, 2.45) is 0 Å². The number of aliphatic hydroxyl groups excluding tert-OH is 2. The van der Waals surface area contributed by atoms with Crippen LogP contribution >= 0.6 is 11.6 Å². The van der Waals surface area contributed by atoms with Gasteiger partial charge in [0.25, 0.3) is 0 Å². The van der Waals surface area contributed by atoms with Gasteiger partial charge in [-0.15, -0.1) is 11.6 Å². The Labute approximate surface area is 89.1 Å². The van der Waals surface area contributed by atoms with Crippen molar-refractivity contribution in [2.45, 2.75) is 37.8 Å². The van der Waals surface area contributed by atoms with Crippen molar-refractivity contribution in [3.8, 4) is 0 Å². The lowest BCUT2D eigenvalue weighted by Gasteiger charge is -2.21. The zero-order valence-corrected chi connectivity index (χ0v) is 8.96. The first-order valence-electron chi connectivity index (χ1n) is 4.83. The molecule has 0 spiro atoms. The SMILES string of the molecule is CCCC(O)NC1=CC(O)=CCC1Cl. The van der Waals surface area contributed by atoms with E-state index < -0.39 is 6.23 Å². The van der Waals surface area contributed by atoms with Crippen LogP contribution in [0.15, 0.2) is 23.6 Å². The van der Waals surface area contributed by atoms with Gasteiger partial charge in [-0.3, -0.25) is 0 Å². The summed E-state index contributed by atoms with van der Waals surface area (Å²) in [6.45, 7) is 2.00. The lowest BCUT2D eigenvalue weighted by atomic mass is 10.1. The van der Waals surface area contributed by atoms with Crippen LogP contribution < -0.4 is 5.32 Å². The summed E-state index contributed by atoms with van der Waals surface area (Å²) in [6, 6.07) is 0. The van der Waals surface area contributed by atoms with E-state index in [1.807, 2.05) is 6.92 Å². The fourth-order valence-corrected chi connectivity index (χ4v) is 1.55. The molecule has 0 aromatic heterocycles. The Morgan fingerprint density at radius 3 is 3.07 bits per heavy atom. The number of nitrogens with one attached hydrogen (secondary N) is 1. The molecule has 0 aromatic rings. The van der Waals surface area contributed by atoms with Crippen LogP contribution in [0.1, 0.15) is 26.2 Å². The Hall–Kier alpha value is -0.670. The third-order valence-corrected chi connectivity index (χ3v) is 2.48. The average molecular weight is 218 g/mol. The van der Waals surface area contributed by atoms with Crippen LogP contribution in [0.3, 0.4) is 0 Å². The Kier molecular flexibility index (Phi) is 4.29. The number of hydrogen-bond donors (Lipinski definition) is 3. The molecule has 1 aliphatic carbocycles. The maximum Gasteiger partial charge on any atom is 0.124 e. The molecule has 2 unspecified atom stereocenters. The Bertz CT molecular complexity index is 251. The number of halogens is 1. The number of hydrogen-bond acceptors (Lipinski definition) is 3. The summed E-state index contributed by atoms with van der Waals surface area (Å²) in [4.78, 5) is 0. The molecule has 3 N–H and O–H groups in total. The lowest BCUT2D eigenvalue weighted by Crippen LogP contribution is -2.32. The number of rotatable bonds is 4. The minimum atomic E-state index is -0.585. The Balaban J connectivity index is 2.53. The summed E-state index contributed by atoms with van der Waals surface area (Å²) >= 11 is 5.99. The van der Waals surface area contributed by atoms with Crippen LogP contribution in [0.4, 0.5) is 0 Å². The second kappa shape index (κ2) is 5.27. The van der Waals surface area contributed by atoms with E-state index in [2.05, 4.69) is 5.32 Å². The summed E-state index contributed by atoms with van der Waals surface area (Å²) in [5.74, 6) is 0.202. The van der Waals surface area contributed by atoms with E-state index in [9.17, 15) is 10.2 Å². The Morgan fingerprint density at radius 1 is 1.71 bits per heavy atom. The molecule has 1 aliphatic rings. The van der Waals surface area contributed by atoms with E-state index in [4.69, 9.17) is 11.6 Å². The van der Waals surface area contributed by atoms with Crippen LogP contribution in [0, 0.1) is 0 Å². The van der Waals surface area contributed by atoms with Crippen molar-refractivity contribution in [3.63, 3.8) is 0 Å². The average Bonchev–Trinajstić information content (AvgIpc) is 2.12. The van der Waals surface area contributed by atoms with Crippen molar-refractivity contribution in [1.29, 1.82) is 0 Å². The van der Waals surface area contributed by atoms with Crippen LogP contribution in [-0.2, 0) is 0 Å². The topological polar surface area (TPSA) is 52.5 Å².